The Morgan fingerprint density at radius 1 is 1.26 bits per heavy atom. The molecular weight excluding hydrogens is 234 g/mol. The van der Waals surface area contributed by atoms with E-state index in [1.807, 2.05) is 6.92 Å². The molecule has 19 heavy (non-hydrogen) atoms. The molecule has 0 aliphatic heterocycles. The Labute approximate surface area is 118 Å². The van der Waals surface area contributed by atoms with E-state index in [2.05, 4.69) is 25.2 Å². The third-order valence-electron chi connectivity index (χ3n) is 4.39. The lowest BCUT2D eigenvalue weighted by molar-refractivity contribution is 0.298. The number of nitrogens with one attached hydrogen (secondary N) is 1. The second-order valence-corrected chi connectivity index (χ2v) is 6.12. The number of furan rings is 1. The molecule has 0 aromatic carbocycles. The number of rotatable bonds is 6. The van der Waals surface area contributed by atoms with Crippen molar-refractivity contribution >= 4 is 0 Å². The van der Waals surface area contributed by atoms with Crippen molar-refractivity contribution in [3.63, 3.8) is 0 Å². The Hall–Kier alpha value is -0.760. The third-order valence-corrected chi connectivity index (χ3v) is 4.39. The quantitative estimate of drug-likeness (QED) is 0.789. The zero-order valence-electron chi connectivity index (χ0n) is 12.8. The molecule has 1 aromatic rings. The van der Waals surface area contributed by atoms with Crippen molar-refractivity contribution in [2.24, 2.45) is 5.92 Å². The predicted octanol–water partition coefficient (Wildman–Crippen LogP) is 4.91. The summed E-state index contributed by atoms with van der Waals surface area (Å²) in [6, 6.07) is 2.71. The normalized spacial score (nSPS) is 18.7. The van der Waals surface area contributed by atoms with Crippen molar-refractivity contribution in [1.29, 1.82) is 0 Å². The summed E-state index contributed by atoms with van der Waals surface area (Å²) in [5.41, 5.74) is 1.39. The van der Waals surface area contributed by atoms with Crippen molar-refractivity contribution in [3.05, 3.63) is 23.2 Å². The highest BCUT2D eigenvalue weighted by Crippen LogP contribution is 2.33. The summed E-state index contributed by atoms with van der Waals surface area (Å²) in [6.07, 6.45) is 9.59. The minimum absolute atomic E-state index is 0.487. The average molecular weight is 263 g/mol. The van der Waals surface area contributed by atoms with Crippen LogP contribution in [0.3, 0.4) is 0 Å². The number of hydrogen-bond acceptors (Lipinski definition) is 2. The van der Waals surface area contributed by atoms with Crippen LogP contribution in [0, 0.1) is 19.8 Å². The maximum absolute atomic E-state index is 5.72. The van der Waals surface area contributed by atoms with Crippen molar-refractivity contribution in [1.82, 2.24) is 5.32 Å². The summed E-state index contributed by atoms with van der Waals surface area (Å²) in [7, 11) is 0. The summed E-state index contributed by atoms with van der Waals surface area (Å²) in [4.78, 5) is 0. The van der Waals surface area contributed by atoms with Crippen molar-refractivity contribution in [2.45, 2.75) is 71.8 Å². The molecule has 1 atom stereocenters. The maximum atomic E-state index is 5.72. The van der Waals surface area contributed by atoms with Gasteiger partial charge >= 0.3 is 0 Å². The van der Waals surface area contributed by atoms with Crippen LogP contribution >= 0.6 is 0 Å². The molecule has 1 heterocycles. The fraction of sp³-hybridized carbons (Fsp3) is 0.765. The van der Waals surface area contributed by atoms with Gasteiger partial charge in [0, 0.05) is 11.6 Å². The van der Waals surface area contributed by atoms with Gasteiger partial charge in [0.25, 0.3) is 0 Å². The van der Waals surface area contributed by atoms with Gasteiger partial charge < -0.3 is 9.73 Å². The van der Waals surface area contributed by atoms with E-state index in [9.17, 15) is 0 Å². The lowest BCUT2D eigenvalue weighted by atomic mass is 9.83. The van der Waals surface area contributed by atoms with E-state index < -0.39 is 0 Å². The number of hydrogen-bond donors (Lipinski definition) is 1. The second-order valence-electron chi connectivity index (χ2n) is 6.12. The van der Waals surface area contributed by atoms with Gasteiger partial charge in [-0.05, 0) is 45.2 Å². The van der Waals surface area contributed by atoms with E-state index in [4.69, 9.17) is 4.42 Å². The van der Waals surface area contributed by atoms with Crippen LogP contribution < -0.4 is 5.32 Å². The van der Waals surface area contributed by atoms with Crippen LogP contribution in [-0.4, -0.2) is 6.54 Å². The summed E-state index contributed by atoms with van der Waals surface area (Å²) in [5, 5.41) is 3.73. The smallest absolute Gasteiger partial charge is 0.105 e. The Balaban J connectivity index is 2.04. The zero-order valence-corrected chi connectivity index (χ0v) is 12.8. The van der Waals surface area contributed by atoms with Gasteiger partial charge in [0.15, 0.2) is 0 Å². The lowest BCUT2D eigenvalue weighted by Gasteiger charge is -2.27. The van der Waals surface area contributed by atoms with Gasteiger partial charge in [-0.2, -0.15) is 0 Å². The van der Waals surface area contributed by atoms with Gasteiger partial charge in [-0.3, -0.25) is 0 Å². The molecule has 0 bridgehead atoms. The molecule has 1 N–H and O–H groups in total. The molecular formula is C17H29NO. The van der Waals surface area contributed by atoms with E-state index in [0.717, 1.165) is 24.0 Å². The van der Waals surface area contributed by atoms with Crippen LogP contribution in [0.15, 0.2) is 10.5 Å². The van der Waals surface area contributed by atoms with Gasteiger partial charge in [-0.1, -0.05) is 39.0 Å². The first-order chi connectivity index (χ1) is 9.20. The highest BCUT2D eigenvalue weighted by atomic mass is 16.3. The van der Waals surface area contributed by atoms with Gasteiger partial charge in [0.05, 0.1) is 0 Å². The van der Waals surface area contributed by atoms with Gasteiger partial charge in [-0.25, -0.2) is 0 Å². The summed E-state index contributed by atoms with van der Waals surface area (Å²) in [5.74, 6) is 3.04. The van der Waals surface area contributed by atoms with Crippen LogP contribution in [0.1, 0.15) is 75.0 Å². The Bertz CT molecular complexity index is 377. The topological polar surface area (TPSA) is 25.2 Å². The monoisotopic (exact) mass is 263 g/mol. The zero-order chi connectivity index (χ0) is 13.7. The molecule has 1 saturated carbocycles. The second kappa shape index (κ2) is 7.14. The van der Waals surface area contributed by atoms with E-state index in [1.165, 1.54) is 50.5 Å². The van der Waals surface area contributed by atoms with E-state index in [0.29, 0.717) is 6.04 Å². The average Bonchev–Trinajstić information content (AvgIpc) is 2.75. The van der Waals surface area contributed by atoms with Crippen molar-refractivity contribution < 1.29 is 4.42 Å². The van der Waals surface area contributed by atoms with Crippen molar-refractivity contribution in [3.8, 4) is 0 Å². The molecule has 2 rings (SSSR count). The van der Waals surface area contributed by atoms with Gasteiger partial charge in [0.1, 0.15) is 11.5 Å². The molecule has 1 unspecified atom stereocenters. The molecule has 0 amide bonds. The van der Waals surface area contributed by atoms with Gasteiger partial charge in [-0.15, -0.1) is 0 Å². The van der Waals surface area contributed by atoms with Crippen LogP contribution in [-0.2, 0) is 0 Å². The molecule has 0 saturated heterocycles. The SMILES string of the molecule is CCCNC(CC1CCCCC1)c1cc(C)oc1C. The molecule has 1 aromatic heterocycles. The Morgan fingerprint density at radius 3 is 2.58 bits per heavy atom. The minimum atomic E-state index is 0.487. The molecule has 2 heteroatoms. The Morgan fingerprint density at radius 2 is 2.00 bits per heavy atom. The molecule has 2 nitrogen and oxygen atoms in total. The molecule has 1 aliphatic carbocycles. The highest BCUT2D eigenvalue weighted by molar-refractivity contribution is 5.24. The molecule has 0 spiro atoms. The first kappa shape index (κ1) is 14.6. The van der Waals surface area contributed by atoms with Crippen LogP contribution in [0.2, 0.25) is 0 Å². The first-order valence-electron chi connectivity index (χ1n) is 8.01. The highest BCUT2D eigenvalue weighted by Gasteiger charge is 2.22. The van der Waals surface area contributed by atoms with Crippen LogP contribution in [0.4, 0.5) is 0 Å². The predicted molar refractivity (Wildman–Crippen MR) is 80.4 cm³/mol. The van der Waals surface area contributed by atoms with Gasteiger partial charge in [0.2, 0.25) is 0 Å². The Kier molecular flexibility index (Phi) is 5.50. The fourth-order valence-electron chi connectivity index (χ4n) is 3.39. The molecule has 0 radical (unpaired) electrons. The third kappa shape index (κ3) is 4.10. The number of aryl methyl sites for hydroxylation is 2. The lowest BCUT2D eigenvalue weighted by Crippen LogP contribution is -2.25. The summed E-state index contributed by atoms with van der Waals surface area (Å²) in [6.45, 7) is 7.48. The van der Waals surface area contributed by atoms with E-state index >= 15 is 0 Å². The van der Waals surface area contributed by atoms with E-state index in [1.54, 1.807) is 0 Å². The van der Waals surface area contributed by atoms with E-state index in [-0.39, 0.29) is 0 Å². The minimum Gasteiger partial charge on any atom is -0.466 e. The van der Waals surface area contributed by atoms with Crippen molar-refractivity contribution in [2.75, 3.05) is 6.54 Å². The molecule has 1 fully saturated rings. The first-order valence-corrected chi connectivity index (χ1v) is 8.01. The van der Waals surface area contributed by atoms with Crippen LogP contribution in [0.25, 0.3) is 0 Å². The fourth-order valence-corrected chi connectivity index (χ4v) is 3.39. The maximum Gasteiger partial charge on any atom is 0.105 e. The largest absolute Gasteiger partial charge is 0.466 e. The summed E-state index contributed by atoms with van der Waals surface area (Å²) >= 11 is 0. The van der Waals surface area contributed by atoms with Crippen LogP contribution in [0.5, 0.6) is 0 Å². The standard InChI is InChI=1S/C17H29NO/c1-4-10-18-17(12-15-8-6-5-7-9-15)16-11-13(2)19-14(16)3/h11,15,17-18H,4-10,12H2,1-3H3. The molecule has 108 valence electrons. The molecule has 1 aliphatic rings. The summed E-state index contributed by atoms with van der Waals surface area (Å²) < 4.78 is 5.72.